The summed E-state index contributed by atoms with van der Waals surface area (Å²) in [5, 5.41) is 8.80. The molecule has 0 saturated heterocycles. The fourth-order valence-corrected chi connectivity index (χ4v) is 4.52. The molecule has 0 aromatic heterocycles. The van der Waals surface area contributed by atoms with Crippen LogP contribution in [0.5, 0.6) is 0 Å². The topological polar surface area (TPSA) is 83.9 Å². The molecule has 1 atom stereocenters. The van der Waals surface area contributed by atoms with Gasteiger partial charge in [-0.2, -0.15) is 0 Å². The molecule has 0 radical (unpaired) electrons. The third-order valence-corrected chi connectivity index (χ3v) is 8.06. The van der Waals surface area contributed by atoms with E-state index in [9.17, 15) is 13.2 Å². The number of methoxy groups -OCH3 is 1. The molecule has 1 aromatic rings. The Hall–Kier alpha value is -2.14. The first-order valence-electron chi connectivity index (χ1n) is 11.1. The maximum atomic E-state index is 12.2. The number of aliphatic hydroxyl groups is 1. The monoisotopic (exact) mass is 461 g/mol. The molecular weight excluding hydrogens is 426 g/mol. The molecule has 0 saturated carbocycles. The number of hydrogen-bond donors (Lipinski definition) is 1. The van der Waals surface area contributed by atoms with Gasteiger partial charge in [-0.25, -0.2) is 8.42 Å². The lowest BCUT2D eigenvalue weighted by molar-refractivity contribution is -0.143. The molecule has 1 unspecified atom stereocenters. The van der Waals surface area contributed by atoms with Crippen LogP contribution in [0.15, 0.2) is 30.3 Å². The molecule has 32 heavy (non-hydrogen) atoms. The predicted molar refractivity (Wildman–Crippen MR) is 128 cm³/mol. The van der Waals surface area contributed by atoms with Crippen molar-refractivity contribution < 1.29 is 23.1 Å². The second-order valence-corrected chi connectivity index (χ2v) is 10.9. The molecule has 0 fully saturated rings. The Morgan fingerprint density at radius 2 is 1.97 bits per heavy atom. The van der Waals surface area contributed by atoms with Crippen LogP contribution < -0.4 is 0 Å². The summed E-state index contributed by atoms with van der Waals surface area (Å²) in [5.41, 5.74) is 3.43. The smallest absolute Gasteiger partial charge is 0.326 e. The molecule has 0 bridgehead atoms. The van der Waals surface area contributed by atoms with Gasteiger partial charge < -0.3 is 9.84 Å². The van der Waals surface area contributed by atoms with Crippen LogP contribution in [0.1, 0.15) is 56.6 Å². The number of ether oxygens (including phenoxy) is 1. The lowest BCUT2D eigenvalue weighted by Gasteiger charge is -2.28. The highest BCUT2D eigenvalue weighted by Gasteiger charge is 2.44. The van der Waals surface area contributed by atoms with E-state index in [0.29, 0.717) is 13.1 Å². The summed E-state index contributed by atoms with van der Waals surface area (Å²) in [4.78, 5) is 14.3. The van der Waals surface area contributed by atoms with Crippen molar-refractivity contribution in [2.75, 3.05) is 39.6 Å². The van der Waals surface area contributed by atoms with E-state index >= 15 is 0 Å². The van der Waals surface area contributed by atoms with Crippen LogP contribution in [0.2, 0.25) is 0 Å². The molecular formula is C25H35NO5S. The number of esters is 1. The van der Waals surface area contributed by atoms with Gasteiger partial charge in [0, 0.05) is 37.9 Å². The number of unbranched alkanes of at least 4 members (excludes halogenated alkanes) is 2. The quantitative estimate of drug-likeness (QED) is 0.346. The minimum Gasteiger partial charge on any atom is -0.468 e. The standard InChI is InChI=1S/C25H35NO5S/c1-25(24(28)31-2,32(3,29)30)16-19-26-17-8-10-22(15-18-26)23-13-11-21(12-14-23)9-6-4-5-7-20-27/h11-15,27H,4-5,7-8,10,16-20H2,1-3H3. The van der Waals surface area contributed by atoms with E-state index in [0.717, 1.165) is 50.5 Å². The summed E-state index contributed by atoms with van der Waals surface area (Å²) in [5.74, 6) is 5.60. The molecule has 6 nitrogen and oxygen atoms in total. The van der Waals surface area contributed by atoms with E-state index in [4.69, 9.17) is 9.84 Å². The highest BCUT2D eigenvalue weighted by molar-refractivity contribution is 7.92. The van der Waals surface area contributed by atoms with Gasteiger partial charge >= 0.3 is 5.97 Å². The molecule has 7 heteroatoms. The normalized spacial score (nSPS) is 16.8. The Morgan fingerprint density at radius 1 is 1.25 bits per heavy atom. The van der Waals surface area contributed by atoms with Gasteiger partial charge in [-0.1, -0.05) is 30.0 Å². The molecule has 2 rings (SSSR count). The van der Waals surface area contributed by atoms with Gasteiger partial charge in [0.25, 0.3) is 0 Å². The van der Waals surface area contributed by atoms with Crippen molar-refractivity contribution in [3.8, 4) is 11.8 Å². The number of sulfone groups is 1. The van der Waals surface area contributed by atoms with E-state index in [1.165, 1.54) is 25.2 Å². The Balaban J connectivity index is 1.99. The average Bonchev–Trinajstić information content (AvgIpc) is 3.02. The molecule has 1 aliphatic rings. The molecule has 1 N–H and O–H groups in total. The zero-order chi connectivity index (χ0) is 23.6. The first-order chi connectivity index (χ1) is 15.2. The predicted octanol–water partition coefficient (Wildman–Crippen LogP) is 3.05. The van der Waals surface area contributed by atoms with Crippen molar-refractivity contribution in [2.45, 2.75) is 50.2 Å². The summed E-state index contributed by atoms with van der Waals surface area (Å²) in [6.45, 7) is 3.73. The SMILES string of the molecule is COC(=O)C(C)(CCN1CC=C(c2ccc(C#CCCCCO)cc2)CCC1)S(C)(=O)=O. The number of aliphatic hydroxyl groups excluding tert-OH is 1. The van der Waals surface area contributed by atoms with Crippen molar-refractivity contribution in [2.24, 2.45) is 0 Å². The van der Waals surface area contributed by atoms with Gasteiger partial charge in [-0.05, 0) is 68.8 Å². The highest BCUT2D eigenvalue weighted by atomic mass is 32.2. The van der Waals surface area contributed by atoms with Gasteiger partial charge in [0.15, 0.2) is 14.6 Å². The van der Waals surface area contributed by atoms with Gasteiger partial charge in [-0.15, -0.1) is 0 Å². The summed E-state index contributed by atoms with van der Waals surface area (Å²) in [6, 6.07) is 8.26. The van der Waals surface area contributed by atoms with Crippen LogP contribution >= 0.6 is 0 Å². The van der Waals surface area contributed by atoms with Crippen molar-refractivity contribution in [3.05, 3.63) is 41.5 Å². The van der Waals surface area contributed by atoms with Crippen LogP contribution in [0, 0.1) is 11.8 Å². The number of allylic oxidation sites excluding steroid dienone is 1. The van der Waals surface area contributed by atoms with Crippen LogP contribution in [0.25, 0.3) is 5.57 Å². The number of nitrogens with zero attached hydrogens (tertiary/aromatic N) is 1. The Morgan fingerprint density at radius 3 is 2.59 bits per heavy atom. The zero-order valence-electron chi connectivity index (χ0n) is 19.4. The summed E-state index contributed by atoms with van der Waals surface area (Å²) < 4.78 is 27.7. The van der Waals surface area contributed by atoms with Gasteiger partial charge in [0.2, 0.25) is 0 Å². The summed E-state index contributed by atoms with van der Waals surface area (Å²) >= 11 is 0. The second-order valence-electron chi connectivity index (χ2n) is 8.44. The van der Waals surface area contributed by atoms with Crippen LogP contribution in [0.4, 0.5) is 0 Å². The maximum Gasteiger partial charge on any atom is 0.326 e. The number of carbonyl (C=O) groups excluding carboxylic acids is 1. The fraction of sp³-hybridized carbons (Fsp3) is 0.560. The van der Waals surface area contributed by atoms with Crippen molar-refractivity contribution >= 4 is 21.4 Å². The summed E-state index contributed by atoms with van der Waals surface area (Å²) in [6.07, 6.45) is 7.88. The number of rotatable bonds is 9. The van der Waals surface area contributed by atoms with E-state index in [2.05, 4.69) is 34.9 Å². The van der Waals surface area contributed by atoms with Crippen LogP contribution in [-0.4, -0.2) is 68.7 Å². The first-order valence-corrected chi connectivity index (χ1v) is 13.0. The molecule has 0 amide bonds. The van der Waals surface area contributed by atoms with E-state index < -0.39 is 20.6 Å². The highest BCUT2D eigenvalue weighted by Crippen LogP contribution is 2.26. The Labute approximate surface area is 192 Å². The lowest BCUT2D eigenvalue weighted by Crippen LogP contribution is -2.46. The molecule has 1 aromatic carbocycles. The first kappa shape index (κ1) is 26.1. The largest absolute Gasteiger partial charge is 0.468 e. The Kier molecular flexibility index (Phi) is 9.95. The van der Waals surface area contributed by atoms with E-state index in [1.54, 1.807) is 0 Å². The van der Waals surface area contributed by atoms with E-state index in [1.807, 2.05) is 12.1 Å². The van der Waals surface area contributed by atoms with Crippen molar-refractivity contribution in [1.82, 2.24) is 4.90 Å². The van der Waals surface area contributed by atoms with Gasteiger partial charge in [0.1, 0.15) is 0 Å². The molecule has 1 aliphatic heterocycles. The van der Waals surface area contributed by atoms with E-state index in [-0.39, 0.29) is 13.0 Å². The van der Waals surface area contributed by atoms with Crippen molar-refractivity contribution in [1.29, 1.82) is 0 Å². The van der Waals surface area contributed by atoms with Gasteiger partial charge in [-0.3, -0.25) is 9.69 Å². The number of carbonyl (C=O) groups is 1. The third-order valence-electron chi connectivity index (χ3n) is 6.06. The molecule has 0 spiro atoms. The fourth-order valence-electron chi connectivity index (χ4n) is 3.67. The maximum absolute atomic E-state index is 12.2. The zero-order valence-corrected chi connectivity index (χ0v) is 20.2. The Bertz CT molecular complexity index is 956. The average molecular weight is 462 g/mol. The molecule has 0 aliphatic carbocycles. The molecule has 1 heterocycles. The minimum absolute atomic E-state index is 0.202. The number of hydrogen-bond acceptors (Lipinski definition) is 6. The van der Waals surface area contributed by atoms with Crippen LogP contribution in [-0.2, 0) is 19.4 Å². The second kappa shape index (κ2) is 12.2. The minimum atomic E-state index is -3.59. The van der Waals surface area contributed by atoms with Crippen LogP contribution in [0.3, 0.4) is 0 Å². The number of benzene rings is 1. The van der Waals surface area contributed by atoms with Crippen molar-refractivity contribution in [3.63, 3.8) is 0 Å². The summed E-state index contributed by atoms with van der Waals surface area (Å²) in [7, 11) is -2.37. The van der Waals surface area contributed by atoms with Gasteiger partial charge in [0.05, 0.1) is 7.11 Å². The molecule has 176 valence electrons. The lowest BCUT2D eigenvalue weighted by atomic mass is 10.00. The third kappa shape index (κ3) is 7.19.